The van der Waals surface area contributed by atoms with Gasteiger partial charge in [0.2, 0.25) is 10.0 Å². The Morgan fingerprint density at radius 2 is 1.84 bits per heavy atom. The van der Waals surface area contributed by atoms with Crippen molar-refractivity contribution in [2.45, 2.75) is 45.1 Å². The first-order chi connectivity index (χ1) is 11.8. The highest BCUT2D eigenvalue weighted by molar-refractivity contribution is 7.89. The van der Waals surface area contributed by atoms with Crippen molar-refractivity contribution in [3.8, 4) is 0 Å². The highest BCUT2D eigenvalue weighted by atomic mass is 32.2. The first-order valence-electron chi connectivity index (χ1n) is 8.36. The Kier molecular flexibility index (Phi) is 8.05. The molecule has 1 unspecified atom stereocenters. The Hall–Kier alpha value is -1.93. The van der Waals surface area contributed by atoms with Crippen LogP contribution in [-0.4, -0.2) is 50.3 Å². The molecule has 0 aliphatic rings. The minimum atomic E-state index is -3.67. The number of esters is 1. The van der Waals surface area contributed by atoms with Gasteiger partial charge in [0.25, 0.3) is 5.91 Å². The maximum Gasteiger partial charge on any atom is 0.338 e. The zero-order chi connectivity index (χ0) is 19.0. The van der Waals surface area contributed by atoms with Gasteiger partial charge >= 0.3 is 5.97 Å². The van der Waals surface area contributed by atoms with Gasteiger partial charge < -0.3 is 10.1 Å². The number of nitrogens with zero attached hydrogens (tertiary/aromatic N) is 1. The van der Waals surface area contributed by atoms with Crippen molar-refractivity contribution in [3.05, 3.63) is 29.8 Å². The molecular formula is C17H26N2O5S. The molecule has 1 atom stereocenters. The van der Waals surface area contributed by atoms with Gasteiger partial charge in [0, 0.05) is 19.6 Å². The number of nitrogens with one attached hydrogen (secondary N) is 1. The average molecular weight is 370 g/mol. The molecule has 0 aliphatic carbocycles. The standard InChI is InChI=1S/C17H26N2O5S/c1-5-11-18-16(20)13(4)24-17(21)14-9-8-10-15(12-14)25(22,23)19(6-2)7-3/h8-10,12-13H,5-7,11H2,1-4H3,(H,18,20). The molecule has 1 rings (SSSR count). The van der Waals surface area contributed by atoms with Gasteiger partial charge in [-0.3, -0.25) is 4.79 Å². The molecule has 1 aromatic carbocycles. The van der Waals surface area contributed by atoms with Gasteiger partial charge in [-0.25, -0.2) is 13.2 Å². The number of carbonyl (C=O) groups is 2. The van der Waals surface area contributed by atoms with Gasteiger partial charge in [0.1, 0.15) is 0 Å². The summed E-state index contributed by atoms with van der Waals surface area (Å²) >= 11 is 0. The third-order valence-corrected chi connectivity index (χ3v) is 5.66. The molecule has 1 amide bonds. The van der Waals surface area contributed by atoms with E-state index in [1.165, 1.54) is 35.5 Å². The largest absolute Gasteiger partial charge is 0.449 e. The fraction of sp³-hybridized carbons (Fsp3) is 0.529. The van der Waals surface area contributed by atoms with Crippen LogP contribution in [0.2, 0.25) is 0 Å². The van der Waals surface area contributed by atoms with Crippen LogP contribution in [0.5, 0.6) is 0 Å². The van der Waals surface area contributed by atoms with Crippen molar-refractivity contribution in [3.63, 3.8) is 0 Å². The molecule has 0 fully saturated rings. The molecule has 140 valence electrons. The SMILES string of the molecule is CCCNC(=O)C(C)OC(=O)c1cccc(S(=O)(=O)N(CC)CC)c1. The summed E-state index contributed by atoms with van der Waals surface area (Å²) in [4.78, 5) is 24.0. The van der Waals surface area contributed by atoms with Crippen molar-refractivity contribution >= 4 is 21.9 Å². The van der Waals surface area contributed by atoms with Crippen LogP contribution >= 0.6 is 0 Å². The van der Waals surface area contributed by atoms with Gasteiger partial charge in [-0.05, 0) is 31.5 Å². The number of ether oxygens (including phenoxy) is 1. The fourth-order valence-electron chi connectivity index (χ4n) is 2.17. The summed E-state index contributed by atoms with van der Waals surface area (Å²) in [5.74, 6) is -1.13. The first-order valence-corrected chi connectivity index (χ1v) is 9.80. The zero-order valence-electron chi connectivity index (χ0n) is 15.1. The predicted octanol–water partition coefficient (Wildman–Crippen LogP) is 1.79. The molecule has 0 spiro atoms. The van der Waals surface area contributed by atoms with Crippen LogP contribution in [0.3, 0.4) is 0 Å². The van der Waals surface area contributed by atoms with Gasteiger partial charge in [0.05, 0.1) is 10.5 Å². The maximum absolute atomic E-state index is 12.5. The van der Waals surface area contributed by atoms with E-state index in [1.807, 2.05) is 6.92 Å². The van der Waals surface area contributed by atoms with Crippen molar-refractivity contribution in [2.75, 3.05) is 19.6 Å². The van der Waals surface area contributed by atoms with E-state index in [4.69, 9.17) is 4.74 Å². The monoisotopic (exact) mass is 370 g/mol. The molecule has 8 heteroatoms. The van der Waals surface area contributed by atoms with Crippen molar-refractivity contribution in [1.29, 1.82) is 0 Å². The topological polar surface area (TPSA) is 92.8 Å². The Labute approximate surface area is 149 Å². The number of benzene rings is 1. The molecule has 1 N–H and O–H groups in total. The second-order valence-corrected chi connectivity index (χ2v) is 7.39. The third-order valence-electron chi connectivity index (χ3n) is 3.62. The molecule has 0 bridgehead atoms. The summed E-state index contributed by atoms with van der Waals surface area (Å²) < 4.78 is 31.5. The van der Waals surface area contributed by atoms with Crippen LogP contribution in [0, 0.1) is 0 Å². The van der Waals surface area contributed by atoms with Crippen LogP contribution < -0.4 is 5.32 Å². The number of rotatable bonds is 9. The van der Waals surface area contributed by atoms with E-state index in [0.29, 0.717) is 19.6 Å². The third kappa shape index (κ3) is 5.54. The molecule has 7 nitrogen and oxygen atoms in total. The Morgan fingerprint density at radius 3 is 2.40 bits per heavy atom. The van der Waals surface area contributed by atoms with Crippen molar-refractivity contribution < 1.29 is 22.7 Å². The lowest BCUT2D eigenvalue weighted by Gasteiger charge is -2.19. The smallest absolute Gasteiger partial charge is 0.338 e. The summed E-state index contributed by atoms with van der Waals surface area (Å²) in [6.45, 7) is 8.05. The highest BCUT2D eigenvalue weighted by Crippen LogP contribution is 2.17. The first kappa shape index (κ1) is 21.1. The molecule has 0 heterocycles. The van der Waals surface area contributed by atoms with E-state index < -0.39 is 22.1 Å². The summed E-state index contributed by atoms with van der Waals surface area (Å²) in [5, 5.41) is 2.64. The molecule has 0 aliphatic heterocycles. The number of amides is 1. The highest BCUT2D eigenvalue weighted by Gasteiger charge is 2.24. The van der Waals surface area contributed by atoms with Gasteiger partial charge in [-0.15, -0.1) is 0 Å². The predicted molar refractivity (Wildman–Crippen MR) is 94.7 cm³/mol. The molecule has 0 radical (unpaired) electrons. The average Bonchev–Trinajstić information content (AvgIpc) is 2.60. The van der Waals surface area contributed by atoms with E-state index in [9.17, 15) is 18.0 Å². The van der Waals surface area contributed by atoms with E-state index in [0.717, 1.165) is 6.42 Å². The number of carbonyl (C=O) groups excluding carboxylic acids is 2. The molecule has 0 saturated heterocycles. The lowest BCUT2D eigenvalue weighted by molar-refractivity contribution is -0.129. The fourth-order valence-corrected chi connectivity index (χ4v) is 3.67. The zero-order valence-corrected chi connectivity index (χ0v) is 15.9. The lowest BCUT2D eigenvalue weighted by atomic mass is 10.2. The van der Waals surface area contributed by atoms with E-state index >= 15 is 0 Å². The molecule has 25 heavy (non-hydrogen) atoms. The molecular weight excluding hydrogens is 344 g/mol. The van der Waals surface area contributed by atoms with E-state index in [2.05, 4.69) is 5.32 Å². The summed E-state index contributed by atoms with van der Waals surface area (Å²) in [6, 6.07) is 5.64. The molecule has 0 aromatic heterocycles. The Morgan fingerprint density at radius 1 is 1.20 bits per heavy atom. The maximum atomic E-state index is 12.5. The van der Waals surface area contributed by atoms with Crippen LogP contribution in [0.15, 0.2) is 29.2 Å². The molecule has 0 saturated carbocycles. The number of sulfonamides is 1. The second-order valence-electron chi connectivity index (χ2n) is 5.46. The minimum absolute atomic E-state index is 0.0220. The van der Waals surface area contributed by atoms with Crippen molar-refractivity contribution in [2.24, 2.45) is 0 Å². The normalized spacial score (nSPS) is 12.7. The quantitative estimate of drug-likeness (QED) is 0.669. The summed E-state index contributed by atoms with van der Waals surface area (Å²) in [6.07, 6.45) is -0.181. The van der Waals surface area contributed by atoms with Crippen LogP contribution in [0.25, 0.3) is 0 Å². The van der Waals surface area contributed by atoms with Crippen molar-refractivity contribution in [1.82, 2.24) is 9.62 Å². The van der Waals surface area contributed by atoms with Crippen LogP contribution in [-0.2, 0) is 19.6 Å². The van der Waals surface area contributed by atoms with E-state index in [1.54, 1.807) is 13.8 Å². The van der Waals surface area contributed by atoms with Gasteiger partial charge in [-0.2, -0.15) is 4.31 Å². The lowest BCUT2D eigenvalue weighted by Crippen LogP contribution is -2.36. The number of hydrogen-bond acceptors (Lipinski definition) is 5. The van der Waals surface area contributed by atoms with Gasteiger partial charge in [0.15, 0.2) is 6.10 Å². The van der Waals surface area contributed by atoms with Crippen LogP contribution in [0.4, 0.5) is 0 Å². The Bertz CT molecular complexity index is 699. The van der Waals surface area contributed by atoms with E-state index in [-0.39, 0.29) is 16.4 Å². The number of hydrogen-bond donors (Lipinski definition) is 1. The Balaban J connectivity index is 2.94. The summed E-state index contributed by atoms with van der Waals surface area (Å²) in [7, 11) is -3.67. The van der Waals surface area contributed by atoms with Gasteiger partial charge in [-0.1, -0.05) is 26.8 Å². The summed E-state index contributed by atoms with van der Waals surface area (Å²) in [5.41, 5.74) is 0.0865. The second kappa shape index (κ2) is 9.53. The minimum Gasteiger partial charge on any atom is -0.449 e. The van der Waals surface area contributed by atoms with Crippen LogP contribution in [0.1, 0.15) is 44.5 Å². The molecule has 1 aromatic rings.